The van der Waals surface area contributed by atoms with Gasteiger partial charge in [-0.1, -0.05) is 30.7 Å². The van der Waals surface area contributed by atoms with Gasteiger partial charge in [0.1, 0.15) is 0 Å². The predicted molar refractivity (Wildman–Crippen MR) is 114 cm³/mol. The number of hydrogen-bond donors (Lipinski definition) is 2. The summed E-state index contributed by atoms with van der Waals surface area (Å²) in [6.07, 6.45) is 8.39. The molecule has 3 fully saturated rings. The Hall–Kier alpha value is -1.59. The molecule has 4 rings (SSSR count). The number of guanidine groups is 1. The Morgan fingerprint density at radius 2 is 1.96 bits per heavy atom. The van der Waals surface area contributed by atoms with Crippen LogP contribution in [0.4, 0.5) is 0 Å². The van der Waals surface area contributed by atoms with E-state index in [1.54, 1.807) is 0 Å². The zero-order valence-electron chi connectivity index (χ0n) is 17.5. The number of hydrogen-bond acceptors (Lipinski definition) is 3. The van der Waals surface area contributed by atoms with Crippen molar-refractivity contribution in [2.75, 3.05) is 13.1 Å². The molecule has 0 spiro atoms. The number of aliphatic imine (C=N–C) groups is 1. The lowest BCUT2D eigenvalue weighted by molar-refractivity contribution is 0.0992. The number of benzene rings is 1. The van der Waals surface area contributed by atoms with Crippen LogP contribution in [0.2, 0.25) is 0 Å². The van der Waals surface area contributed by atoms with Gasteiger partial charge >= 0.3 is 0 Å². The second-order valence-corrected chi connectivity index (χ2v) is 8.69. The molecule has 5 nitrogen and oxygen atoms in total. The van der Waals surface area contributed by atoms with Gasteiger partial charge in [0, 0.05) is 19.1 Å². The van der Waals surface area contributed by atoms with Crippen LogP contribution in [0.5, 0.6) is 0 Å². The Balaban J connectivity index is 1.31. The molecule has 0 aromatic heterocycles. The van der Waals surface area contributed by atoms with Gasteiger partial charge in [-0.15, -0.1) is 0 Å². The summed E-state index contributed by atoms with van der Waals surface area (Å²) in [5.41, 5.74) is 2.67. The third-order valence-corrected chi connectivity index (χ3v) is 6.54. The molecular formula is C23H36N4O. The Kier molecular flexibility index (Phi) is 6.53. The van der Waals surface area contributed by atoms with E-state index in [9.17, 15) is 0 Å². The highest BCUT2D eigenvalue weighted by Gasteiger charge is 2.41. The van der Waals surface area contributed by atoms with Gasteiger partial charge in [-0.25, -0.2) is 4.99 Å². The van der Waals surface area contributed by atoms with Gasteiger partial charge in [0.2, 0.25) is 0 Å². The summed E-state index contributed by atoms with van der Waals surface area (Å²) < 4.78 is 5.96. The van der Waals surface area contributed by atoms with Crippen LogP contribution in [0, 0.1) is 0 Å². The van der Waals surface area contributed by atoms with Gasteiger partial charge in [0.05, 0.1) is 24.8 Å². The molecule has 4 unspecified atom stereocenters. The third kappa shape index (κ3) is 4.87. The molecule has 0 radical (unpaired) electrons. The molecule has 2 N–H and O–H groups in total. The van der Waals surface area contributed by atoms with Crippen molar-refractivity contribution in [2.45, 2.75) is 89.8 Å². The number of nitrogens with zero attached hydrogens (tertiary/aromatic N) is 2. The van der Waals surface area contributed by atoms with Crippen molar-refractivity contribution in [1.29, 1.82) is 0 Å². The minimum Gasteiger partial charge on any atom is -0.373 e. The van der Waals surface area contributed by atoms with Crippen molar-refractivity contribution in [3.8, 4) is 0 Å². The highest BCUT2D eigenvalue weighted by molar-refractivity contribution is 5.80. The van der Waals surface area contributed by atoms with E-state index in [0.717, 1.165) is 25.5 Å². The predicted octanol–water partition coefficient (Wildman–Crippen LogP) is 3.44. The molecule has 5 heteroatoms. The Morgan fingerprint density at radius 3 is 2.64 bits per heavy atom. The molecular weight excluding hydrogens is 348 g/mol. The van der Waals surface area contributed by atoms with E-state index in [-0.39, 0.29) is 0 Å². The van der Waals surface area contributed by atoms with E-state index in [1.165, 1.54) is 49.8 Å². The lowest BCUT2D eigenvalue weighted by Gasteiger charge is -2.33. The first-order valence-corrected chi connectivity index (χ1v) is 11.2. The zero-order chi connectivity index (χ0) is 19.3. The third-order valence-electron chi connectivity index (χ3n) is 6.54. The smallest absolute Gasteiger partial charge is 0.191 e. The SMILES string of the molecule is CCNC(=NCc1ccc(CN2CCCCC2C)cc1)NC1CC2CCC1O2. The summed E-state index contributed by atoms with van der Waals surface area (Å²) in [6, 6.07) is 10.1. The molecule has 3 aliphatic heterocycles. The van der Waals surface area contributed by atoms with Crippen LogP contribution in [0.25, 0.3) is 0 Å². The monoisotopic (exact) mass is 384 g/mol. The molecule has 3 aliphatic rings. The molecule has 4 atom stereocenters. The first-order chi connectivity index (χ1) is 13.7. The van der Waals surface area contributed by atoms with Crippen LogP contribution in [-0.2, 0) is 17.8 Å². The lowest BCUT2D eigenvalue weighted by Crippen LogP contribution is -2.47. The quantitative estimate of drug-likeness (QED) is 0.583. The standard InChI is InChI=1S/C23H36N4O/c1-3-24-23(26-21-14-20-11-12-22(21)28-20)25-15-18-7-9-19(10-8-18)16-27-13-5-4-6-17(27)2/h7-10,17,20-22H,3-6,11-16H2,1-2H3,(H2,24,25,26). The van der Waals surface area contributed by atoms with Gasteiger partial charge in [-0.05, 0) is 63.6 Å². The Morgan fingerprint density at radius 1 is 1.14 bits per heavy atom. The van der Waals surface area contributed by atoms with Crippen LogP contribution in [0.3, 0.4) is 0 Å². The molecule has 0 amide bonds. The summed E-state index contributed by atoms with van der Waals surface area (Å²) >= 11 is 0. The molecule has 3 saturated heterocycles. The largest absolute Gasteiger partial charge is 0.373 e. The molecule has 2 bridgehead atoms. The van der Waals surface area contributed by atoms with Crippen molar-refractivity contribution >= 4 is 5.96 Å². The number of rotatable bonds is 6. The van der Waals surface area contributed by atoms with Crippen LogP contribution in [0.1, 0.15) is 63.5 Å². The van der Waals surface area contributed by atoms with E-state index in [4.69, 9.17) is 9.73 Å². The lowest BCUT2D eigenvalue weighted by atomic mass is 9.96. The van der Waals surface area contributed by atoms with Gasteiger partial charge in [-0.2, -0.15) is 0 Å². The minimum absolute atomic E-state index is 0.366. The highest BCUT2D eigenvalue weighted by Crippen LogP contribution is 2.34. The maximum absolute atomic E-state index is 5.96. The number of piperidine rings is 1. The molecule has 154 valence electrons. The fourth-order valence-electron chi connectivity index (χ4n) is 4.83. The van der Waals surface area contributed by atoms with Crippen molar-refractivity contribution in [3.63, 3.8) is 0 Å². The van der Waals surface area contributed by atoms with Crippen LogP contribution >= 0.6 is 0 Å². The Labute approximate surface area is 169 Å². The maximum atomic E-state index is 5.96. The average molecular weight is 385 g/mol. The van der Waals surface area contributed by atoms with Gasteiger partial charge in [0.25, 0.3) is 0 Å². The normalized spacial score (nSPS) is 30.6. The summed E-state index contributed by atoms with van der Waals surface area (Å²) in [6.45, 7) is 8.36. The molecule has 0 aliphatic carbocycles. The van der Waals surface area contributed by atoms with Gasteiger partial charge in [0.15, 0.2) is 5.96 Å². The fourth-order valence-corrected chi connectivity index (χ4v) is 4.83. The average Bonchev–Trinajstić information content (AvgIpc) is 3.32. The van der Waals surface area contributed by atoms with E-state index in [0.29, 0.717) is 30.8 Å². The maximum Gasteiger partial charge on any atom is 0.191 e. The number of ether oxygens (including phenoxy) is 1. The highest BCUT2D eigenvalue weighted by atomic mass is 16.5. The van der Waals surface area contributed by atoms with Crippen molar-refractivity contribution in [2.24, 2.45) is 4.99 Å². The Bertz CT molecular complexity index is 659. The molecule has 0 saturated carbocycles. The van der Waals surface area contributed by atoms with E-state index in [2.05, 4.69) is 53.6 Å². The first-order valence-electron chi connectivity index (χ1n) is 11.2. The summed E-state index contributed by atoms with van der Waals surface area (Å²) in [7, 11) is 0. The topological polar surface area (TPSA) is 48.9 Å². The molecule has 3 heterocycles. The number of likely N-dealkylation sites (tertiary alicyclic amines) is 1. The first kappa shape index (κ1) is 19.7. The summed E-state index contributed by atoms with van der Waals surface area (Å²) in [4.78, 5) is 7.43. The summed E-state index contributed by atoms with van der Waals surface area (Å²) in [5, 5.41) is 6.98. The summed E-state index contributed by atoms with van der Waals surface area (Å²) in [5.74, 6) is 0.912. The zero-order valence-corrected chi connectivity index (χ0v) is 17.5. The van der Waals surface area contributed by atoms with Gasteiger partial charge < -0.3 is 15.4 Å². The second-order valence-electron chi connectivity index (χ2n) is 8.69. The van der Waals surface area contributed by atoms with Crippen molar-refractivity contribution in [3.05, 3.63) is 35.4 Å². The number of nitrogens with one attached hydrogen (secondary N) is 2. The van der Waals surface area contributed by atoms with E-state index >= 15 is 0 Å². The van der Waals surface area contributed by atoms with E-state index in [1.807, 2.05) is 0 Å². The molecule has 28 heavy (non-hydrogen) atoms. The number of fused-ring (bicyclic) bond motifs is 2. The molecule has 1 aromatic rings. The molecule has 1 aromatic carbocycles. The van der Waals surface area contributed by atoms with Crippen LogP contribution in [-0.4, -0.2) is 48.2 Å². The van der Waals surface area contributed by atoms with Crippen molar-refractivity contribution in [1.82, 2.24) is 15.5 Å². The minimum atomic E-state index is 0.366. The van der Waals surface area contributed by atoms with Crippen molar-refractivity contribution < 1.29 is 4.74 Å². The second kappa shape index (κ2) is 9.27. The van der Waals surface area contributed by atoms with Crippen LogP contribution in [0.15, 0.2) is 29.3 Å². The van der Waals surface area contributed by atoms with E-state index < -0.39 is 0 Å². The van der Waals surface area contributed by atoms with Crippen LogP contribution < -0.4 is 10.6 Å². The van der Waals surface area contributed by atoms with Gasteiger partial charge in [-0.3, -0.25) is 4.90 Å². The fraction of sp³-hybridized carbons (Fsp3) is 0.696.